The molecule has 2 N–H and O–H groups in total. The molecule has 0 spiro atoms. The Bertz CT molecular complexity index is 322. The largest absolute Gasteiger partial charge is 0.390 e. The summed E-state index contributed by atoms with van der Waals surface area (Å²) in [6.45, 7) is 4.13. The number of nitrogens with zero attached hydrogens (tertiary/aromatic N) is 2. The van der Waals surface area contributed by atoms with Gasteiger partial charge in [-0.15, -0.1) is 0 Å². The Labute approximate surface area is 89.1 Å². The molecule has 0 aliphatic rings. The molecule has 0 aromatic carbocycles. The molecule has 0 saturated heterocycles. The zero-order valence-electron chi connectivity index (χ0n) is 9.10. The Morgan fingerprint density at radius 1 is 1.73 bits per heavy atom. The third-order valence-electron chi connectivity index (χ3n) is 2.19. The van der Waals surface area contributed by atoms with Crippen molar-refractivity contribution in [3.05, 3.63) is 18.2 Å². The summed E-state index contributed by atoms with van der Waals surface area (Å²) in [6.07, 6.45) is 4.12. The van der Waals surface area contributed by atoms with Gasteiger partial charge in [-0.1, -0.05) is 6.92 Å². The third kappa shape index (κ3) is 3.71. The molecule has 1 heterocycles. The van der Waals surface area contributed by atoms with Crippen LogP contribution in [0.15, 0.2) is 12.5 Å². The fraction of sp³-hybridized carbons (Fsp3) is 0.600. The molecule has 15 heavy (non-hydrogen) atoms. The van der Waals surface area contributed by atoms with Crippen molar-refractivity contribution in [2.75, 3.05) is 0 Å². The summed E-state index contributed by atoms with van der Waals surface area (Å²) in [6, 6.07) is 0.193. The molecule has 84 valence electrons. The lowest BCUT2D eigenvalue weighted by atomic mass is 10.2. The number of hydrogen-bond donors (Lipinski definition) is 2. The summed E-state index contributed by atoms with van der Waals surface area (Å²) in [5.41, 5.74) is 0.575. The predicted molar refractivity (Wildman–Crippen MR) is 56.0 cm³/mol. The molecule has 0 radical (unpaired) electrons. The summed E-state index contributed by atoms with van der Waals surface area (Å²) < 4.78 is 1.66. The summed E-state index contributed by atoms with van der Waals surface area (Å²) >= 11 is 0. The first-order valence-corrected chi connectivity index (χ1v) is 5.06. The van der Waals surface area contributed by atoms with Gasteiger partial charge in [0.25, 0.3) is 0 Å². The van der Waals surface area contributed by atoms with Gasteiger partial charge in [-0.2, -0.15) is 0 Å². The minimum absolute atomic E-state index is 0.0359. The van der Waals surface area contributed by atoms with Crippen molar-refractivity contribution in [1.82, 2.24) is 14.9 Å². The molecule has 0 fully saturated rings. The number of carbonyl (C=O) groups excluding carboxylic acids is 1. The van der Waals surface area contributed by atoms with Crippen LogP contribution in [0.2, 0.25) is 0 Å². The highest BCUT2D eigenvalue weighted by Gasteiger charge is 2.06. The van der Waals surface area contributed by atoms with E-state index in [4.69, 9.17) is 5.11 Å². The summed E-state index contributed by atoms with van der Waals surface area (Å²) in [5, 5.41) is 11.6. The lowest BCUT2D eigenvalue weighted by Crippen LogP contribution is -2.34. The Kier molecular flexibility index (Phi) is 4.30. The van der Waals surface area contributed by atoms with E-state index >= 15 is 0 Å². The quantitative estimate of drug-likeness (QED) is 0.735. The first-order chi connectivity index (χ1) is 7.15. The first-order valence-electron chi connectivity index (χ1n) is 5.06. The van der Waals surface area contributed by atoms with Gasteiger partial charge in [-0.05, 0) is 13.3 Å². The molecule has 0 bridgehead atoms. The van der Waals surface area contributed by atoms with Crippen LogP contribution >= 0.6 is 0 Å². The van der Waals surface area contributed by atoms with Crippen molar-refractivity contribution < 1.29 is 9.90 Å². The number of imidazole rings is 1. The van der Waals surface area contributed by atoms with Crippen LogP contribution in [0.4, 0.5) is 0 Å². The van der Waals surface area contributed by atoms with Crippen LogP contribution in [0, 0.1) is 0 Å². The third-order valence-corrected chi connectivity index (χ3v) is 2.19. The Morgan fingerprint density at radius 2 is 2.47 bits per heavy atom. The SMILES string of the molecule is CCC(C)NC(=O)Cn1cnc(CO)c1. The molecular formula is C10H17N3O2. The average molecular weight is 211 g/mol. The molecule has 0 saturated carbocycles. The molecule has 1 atom stereocenters. The van der Waals surface area contributed by atoms with Crippen molar-refractivity contribution in [3.63, 3.8) is 0 Å². The topological polar surface area (TPSA) is 67.2 Å². The van der Waals surface area contributed by atoms with Crippen LogP contribution in [0.1, 0.15) is 26.0 Å². The lowest BCUT2D eigenvalue weighted by Gasteiger charge is -2.11. The van der Waals surface area contributed by atoms with Gasteiger partial charge in [-0.25, -0.2) is 4.98 Å². The second-order valence-electron chi connectivity index (χ2n) is 3.57. The maximum atomic E-state index is 11.5. The van der Waals surface area contributed by atoms with E-state index < -0.39 is 0 Å². The van der Waals surface area contributed by atoms with E-state index in [-0.39, 0.29) is 25.1 Å². The number of aliphatic hydroxyl groups is 1. The second kappa shape index (κ2) is 5.50. The van der Waals surface area contributed by atoms with Gasteiger partial charge in [0.15, 0.2) is 0 Å². The zero-order chi connectivity index (χ0) is 11.3. The standard InChI is InChI=1S/C10H17N3O2/c1-3-8(2)12-10(15)5-13-4-9(6-14)11-7-13/h4,7-8,14H,3,5-6H2,1-2H3,(H,12,15). The van der Waals surface area contributed by atoms with Crippen molar-refractivity contribution in [1.29, 1.82) is 0 Å². The van der Waals surface area contributed by atoms with E-state index in [0.717, 1.165) is 6.42 Å². The minimum atomic E-state index is -0.0972. The highest BCUT2D eigenvalue weighted by Crippen LogP contribution is 1.96. The van der Waals surface area contributed by atoms with Crippen molar-refractivity contribution >= 4 is 5.91 Å². The number of carbonyl (C=O) groups is 1. The molecular weight excluding hydrogens is 194 g/mol. The van der Waals surface area contributed by atoms with Crippen LogP contribution in [0.25, 0.3) is 0 Å². The molecule has 1 rings (SSSR count). The van der Waals surface area contributed by atoms with Gasteiger partial charge in [-0.3, -0.25) is 4.79 Å². The predicted octanol–water partition coefficient (Wildman–Crippen LogP) is 0.290. The Hall–Kier alpha value is -1.36. The molecule has 1 unspecified atom stereocenters. The molecule has 5 nitrogen and oxygen atoms in total. The van der Waals surface area contributed by atoms with E-state index in [2.05, 4.69) is 10.3 Å². The number of amides is 1. The van der Waals surface area contributed by atoms with Gasteiger partial charge < -0.3 is 15.0 Å². The van der Waals surface area contributed by atoms with Gasteiger partial charge >= 0.3 is 0 Å². The van der Waals surface area contributed by atoms with Crippen LogP contribution in [-0.4, -0.2) is 26.6 Å². The van der Waals surface area contributed by atoms with Gasteiger partial charge in [0.2, 0.25) is 5.91 Å². The van der Waals surface area contributed by atoms with Gasteiger partial charge in [0, 0.05) is 12.2 Å². The molecule has 1 aromatic rings. The molecule has 0 aliphatic carbocycles. The van der Waals surface area contributed by atoms with E-state index in [1.54, 1.807) is 17.1 Å². The smallest absolute Gasteiger partial charge is 0.240 e. The highest BCUT2D eigenvalue weighted by molar-refractivity contribution is 5.75. The summed E-state index contributed by atoms with van der Waals surface area (Å²) in [5.74, 6) is -0.0359. The van der Waals surface area contributed by atoms with E-state index in [1.165, 1.54) is 0 Å². The lowest BCUT2D eigenvalue weighted by molar-refractivity contribution is -0.122. The minimum Gasteiger partial charge on any atom is -0.390 e. The fourth-order valence-corrected chi connectivity index (χ4v) is 1.16. The van der Waals surface area contributed by atoms with Gasteiger partial charge in [0.05, 0.1) is 18.6 Å². The summed E-state index contributed by atoms with van der Waals surface area (Å²) in [7, 11) is 0. The number of nitrogens with one attached hydrogen (secondary N) is 1. The number of aromatic nitrogens is 2. The molecule has 0 aliphatic heterocycles. The molecule has 1 amide bonds. The van der Waals surface area contributed by atoms with E-state index in [9.17, 15) is 4.79 Å². The second-order valence-corrected chi connectivity index (χ2v) is 3.57. The monoisotopic (exact) mass is 211 g/mol. The number of rotatable bonds is 5. The molecule has 1 aromatic heterocycles. The average Bonchev–Trinajstić information content (AvgIpc) is 2.65. The highest BCUT2D eigenvalue weighted by atomic mass is 16.3. The van der Waals surface area contributed by atoms with Crippen molar-refractivity contribution in [2.45, 2.75) is 39.5 Å². The van der Waals surface area contributed by atoms with Crippen LogP contribution in [0.5, 0.6) is 0 Å². The summed E-state index contributed by atoms with van der Waals surface area (Å²) in [4.78, 5) is 15.4. The fourth-order valence-electron chi connectivity index (χ4n) is 1.16. The number of hydrogen-bond acceptors (Lipinski definition) is 3. The zero-order valence-corrected chi connectivity index (χ0v) is 9.10. The van der Waals surface area contributed by atoms with E-state index in [1.807, 2.05) is 13.8 Å². The van der Waals surface area contributed by atoms with Crippen LogP contribution < -0.4 is 5.32 Å². The molecule has 5 heteroatoms. The Balaban J connectivity index is 2.44. The first kappa shape index (κ1) is 11.7. The van der Waals surface area contributed by atoms with Gasteiger partial charge in [0.1, 0.15) is 6.54 Å². The van der Waals surface area contributed by atoms with Crippen molar-refractivity contribution in [3.8, 4) is 0 Å². The maximum absolute atomic E-state index is 11.5. The van der Waals surface area contributed by atoms with Crippen LogP contribution in [0.3, 0.4) is 0 Å². The number of aliphatic hydroxyl groups excluding tert-OH is 1. The van der Waals surface area contributed by atoms with E-state index in [0.29, 0.717) is 5.69 Å². The maximum Gasteiger partial charge on any atom is 0.240 e. The normalized spacial score (nSPS) is 12.5. The van der Waals surface area contributed by atoms with Crippen LogP contribution in [-0.2, 0) is 17.9 Å². The Morgan fingerprint density at radius 3 is 3.00 bits per heavy atom. The van der Waals surface area contributed by atoms with Crippen molar-refractivity contribution in [2.24, 2.45) is 0 Å².